The summed E-state index contributed by atoms with van der Waals surface area (Å²) in [5.74, 6) is 0. The Kier molecular flexibility index (Phi) is 4.28. The van der Waals surface area contributed by atoms with Crippen molar-refractivity contribution in [2.45, 2.75) is 0 Å². The maximum atomic E-state index is 6.04. The smallest absolute Gasteiger partial charge is 0.0668 e. The summed E-state index contributed by atoms with van der Waals surface area (Å²) in [5.41, 5.74) is 4.21. The van der Waals surface area contributed by atoms with Crippen molar-refractivity contribution in [3.8, 4) is 0 Å². The van der Waals surface area contributed by atoms with E-state index in [4.69, 9.17) is 23.2 Å². The van der Waals surface area contributed by atoms with E-state index >= 15 is 0 Å². The molecular weight excluding hydrogens is 303 g/mol. The van der Waals surface area contributed by atoms with E-state index in [1.165, 1.54) is 0 Å². The van der Waals surface area contributed by atoms with Crippen LogP contribution in [0, 0.1) is 0 Å². The van der Waals surface area contributed by atoms with Crippen LogP contribution < -0.4 is 5.32 Å². The van der Waals surface area contributed by atoms with Gasteiger partial charge in [0.2, 0.25) is 0 Å². The van der Waals surface area contributed by atoms with Crippen molar-refractivity contribution in [1.82, 2.24) is 0 Å². The summed E-state index contributed by atoms with van der Waals surface area (Å²) in [6.45, 7) is 1.61. The van der Waals surface area contributed by atoms with Crippen LogP contribution in [-0.2, 0) is 0 Å². The number of rotatable bonds is 2. The van der Waals surface area contributed by atoms with Crippen molar-refractivity contribution >= 4 is 40.7 Å². The lowest BCUT2D eigenvalue weighted by Gasteiger charge is -2.07. The Morgan fingerprint density at radius 1 is 1.00 bits per heavy atom. The predicted molar refractivity (Wildman–Crippen MR) is 91.8 cm³/mol. The number of halogens is 2. The van der Waals surface area contributed by atoms with E-state index in [2.05, 4.69) is 22.4 Å². The molecule has 0 spiro atoms. The third-order valence-corrected chi connectivity index (χ3v) is 4.03. The molecule has 2 nitrogen and oxygen atoms in total. The van der Waals surface area contributed by atoms with E-state index in [1.54, 1.807) is 6.07 Å². The predicted octanol–water partition coefficient (Wildman–Crippen LogP) is 4.92. The number of aliphatic imine (C=N–C) groups is 1. The second-order valence-electron chi connectivity index (χ2n) is 4.75. The molecule has 1 heterocycles. The van der Waals surface area contributed by atoms with Crippen LogP contribution in [0.1, 0.15) is 11.1 Å². The third kappa shape index (κ3) is 3.29. The Hall–Kier alpha value is -1.77. The van der Waals surface area contributed by atoms with Crippen molar-refractivity contribution in [2.75, 3.05) is 18.4 Å². The first-order valence-corrected chi connectivity index (χ1v) is 7.50. The molecule has 1 aliphatic rings. The van der Waals surface area contributed by atoms with Gasteiger partial charge in [0.1, 0.15) is 0 Å². The monoisotopic (exact) mass is 316 g/mol. The van der Waals surface area contributed by atoms with E-state index < -0.39 is 0 Å². The van der Waals surface area contributed by atoms with Gasteiger partial charge in [0.25, 0.3) is 0 Å². The summed E-state index contributed by atoms with van der Waals surface area (Å²) in [5, 5.41) is 4.51. The fourth-order valence-corrected chi connectivity index (χ4v) is 2.55. The number of fused-ring (bicyclic) bond motifs is 1. The number of nitrogens with one attached hydrogen (secondary N) is 1. The molecule has 0 atom stereocenters. The molecule has 0 amide bonds. The molecule has 0 fully saturated rings. The molecule has 0 radical (unpaired) electrons. The van der Waals surface area contributed by atoms with Gasteiger partial charge in [0.15, 0.2) is 0 Å². The van der Waals surface area contributed by atoms with Crippen LogP contribution in [0.15, 0.2) is 53.5 Å². The minimum Gasteiger partial charge on any atom is -0.383 e. The van der Waals surface area contributed by atoms with Crippen molar-refractivity contribution in [3.05, 3.63) is 69.7 Å². The molecule has 1 aliphatic heterocycles. The van der Waals surface area contributed by atoms with Gasteiger partial charge in [-0.1, -0.05) is 53.5 Å². The van der Waals surface area contributed by atoms with Crippen molar-refractivity contribution in [2.24, 2.45) is 4.99 Å². The van der Waals surface area contributed by atoms with Crippen LogP contribution in [0.2, 0.25) is 10.0 Å². The normalized spacial score (nSPS) is 14.3. The second kappa shape index (κ2) is 6.33. The number of allylic oxidation sites excluding steroid dienone is 1. The average Bonchev–Trinajstić information content (AvgIpc) is 2.71. The highest BCUT2D eigenvalue weighted by molar-refractivity contribution is 6.42. The van der Waals surface area contributed by atoms with Crippen LogP contribution in [-0.4, -0.2) is 18.8 Å². The standard InChI is InChI=1S/C17H14Cl2N2/c18-14-7-5-12(11-15(14)19)6-8-17-13-3-1-2-4-16(13)20-9-10-21-17/h1-8,11,20H,9-10H2/b8-6+. The highest BCUT2D eigenvalue weighted by Gasteiger charge is 2.09. The molecule has 3 rings (SSSR count). The molecule has 4 heteroatoms. The van der Waals surface area contributed by atoms with Crippen LogP contribution >= 0.6 is 23.2 Å². The zero-order valence-corrected chi connectivity index (χ0v) is 12.8. The Balaban J connectivity index is 1.92. The molecule has 2 aromatic carbocycles. The summed E-state index contributed by atoms with van der Waals surface area (Å²) < 4.78 is 0. The summed E-state index contributed by atoms with van der Waals surface area (Å²) in [7, 11) is 0. The maximum absolute atomic E-state index is 6.04. The molecule has 1 N–H and O–H groups in total. The van der Waals surface area contributed by atoms with Gasteiger partial charge in [0, 0.05) is 17.8 Å². The molecule has 21 heavy (non-hydrogen) atoms. The molecule has 0 unspecified atom stereocenters. The summed E-state index contributed by atoms with van der Waals surface area (Å²) in [6, 6.07) is 13.8. The zero-order chi connectivity index (χ0) is 14.7. The Labute approximate surface area is 134 Å². The van der Waals surface area contributed by atoms with Crippen LogP contribution in [0.25, 0.3) is 6.08 Å². The number of anilines is 1. The quantitative estimate of drug-likeness (QED) is 0.835. The van der Waals surface area contributed by atoms with Gasteiger partial charge in [-0.15, -0.1) is 0 Å². The fraction of sp³-hybridized carbons (Fsp3) is 0.118. The van der Waals surface area contributed by atoms with E-state index in [9.17, 15) is 0 Å². The molecular formula is C17H14Cl2N2. The molecule has 0 bridgehead atoms. The summed E-state index contributed by atoms with van der Waals surface area (Å²) in [4.78, 5) is 4.63. The van der Waals surface area contributed by atoms with Gasteiger partial charge >= 0.3 is 0 Å². The summed E-state index contributed by atoms with van der Waals surface area (Å²) >= 11 is 12.0. The van der Waals surface area contributed by atoms with Crippen LogP contribution in [0.5, 0.6) is 0 Å². The van der Waals surface area contributed by atoms with E-state index in [1.807, 2.05) is 36.4 Å². The lowest BCUT2D eigenvalue weighted by atomic mass is 10.1. The number of benzene rings is 2. The number of nitrogens with zero attached hydrogens (tertiary/aromatic N) is 1. The average molecular weight is 317 g/mol. The highest BCUT2D eigenvalue weighted by Crippen LogP contribution is 2.24. The van der Waals surface area contributed by atoms with Gasteiger partial charge < -0.3 is 5.32 Å². The first kappa shape index (κ1) is 14.2. The Morgan fingerprint density at radius 3 is 2.71 bits per heavy atom. The fourth-order valence-electron chi connectivity index (χ4n) is 2.25. The Bertz CT molecular complexity index is 720. The minimum atomic E-state index is 0.559. The molecule has 106 valence electrons. The lowest BCUT2D eigenvalue weighted by Crippen LogP contribution is -2.03. The van der Waals surface area contributed by atoms with Crippen molar-refractivity contribution in [3.63, 3.8) is 0 Å². The van der Waals surface area contributed by atoms with Gasteiger partial charge in [-0.25, -0.2) is 0 Å². The van der Waals surface area contributed by atoms with E-state index in [-0.39, 0.29) is 0 Å². The number of benzodiazepines with no additional fused rings is 1. The number of hydrogen-bond donors (Lipinski definition) is 1. The van der Waals surface area contributed by atoms with Crippen LogP contribution in [0.4, 0.5) is 5.69 Å². The first-order chi connectivity index (χ1) is 10.2. The highest BCUT2D eigenvalue weighted by atomic mass is 35.5. The van der Waals surface area contributed by atoms with Gasteiger partial charge in [-0.2, -0.15) is 0 Å². The van der Waals surface area contributed by atoms with Crippen LogP contribution in [0.3, 0.4) is 0 Å². The molecule has 2 aromatic rings. The first-order valence-electron chi connectivity index (χ1n) is 6.75. The topological polar surface area (TPSA) is 24.4 Å². The molecule has 0 aliphatic carbocycles. The van der Waals surface area contributed by atoms with E-state index in [0.717, 1.165) is 35.6 Å². The maximum Gasteiger partial charge on any atom is 0.0668 e. The number of para-hydroxylation sites is 1. The SMILES string of the molecule is Clc1ccc(/C=C/C2=NCCNc3ccccc32)cc1Cl. The van der Waals surface area contributed by atoms with Crippen molar-refractivity contribution < 1.29 is 0 Å². The van der Waals surface area contributed by atoms with E-state index in [0.29, 0.717) is 10.0 Å². The molecule has 0 saturated carbocycles. The lowest BCUT2D eigenvalue weighted by molar-refractivity contribution is 1.04. The summed E-state index contributed by atoms with van der Waals surface area (Å²) in [6.07, 6.45) is 4.02. The third-order valence-electron chi connectivity index (χ3n) is 3.29. The largest absolute Gasteiger partial charge is 0.383 e. The molecule has 0 aromatic heterocycles. The minimum absolute atomic E-state index is 0.559. The van der Waals surface area contributed by atoms with Gasteiger partial charge in [-0.05, 0) is 29.8 Å². The zero-order valence-electron chi connectivity index (χ0n) is 11.3. The molecule has 0 saturated heterocycles. The second-order valence-corrected chi connectivity index (χ2v) is 5.56. The van der Waals surface area contributed by atoms with Crippen molar-refractivity contribution in [1.29, 1.82) is 0 Å². The number of hydrogen-bond acceptors (Lipinski definition) is 2. The van der Waals surface area contributed by atoms with Gasteiger partial charge in [0.05, 0.1) is 22.3 Å². The van der Waals surface area contributed by atoms with Gasteiger partial charge in [-0.3, -0.25) is 4.99 Å². The Morgan fingerprint density at radius 2 is 1.86 bits per heavy atom.